The largest absolute Gasteiger partial charge is 0.350 e. The number of aryl methyl sites for hydroxylation is 1. The molecule has 0 bridgehead atoms. The highest BCUT2D eigenvalue weighted by Gasteiger charge is 2.19. The van der Waals surface area contributed by atoms with E-state index in [9.17, 15) is 19.7 Å². The van der Waals surface area contributed by atoms with Crippen molar-refractivity contribution in [1.29, 1.82) is 0 Å². The lowest BCUT2D eigenvalue weighted by atomic mass is 10.1. The molecule has 0 aliphatic carbocycles. The number of aromatic nitrogens is 2. The molecule has 0 aliphatic heterocycles. The molecule has 21 heavy (non-hydrogen) atoms. The molecule has 0 amide bonds. The van der Waals surface area contributed by atoms with Crippen molar-refractivity contribution in [3.05, 3.63) is 37.1 Å². The van der Waals surface area contributed by atoms with Crippen LogP contribution < -0.4 is 16.6 Å². The lowest BCUT2D eigenvalue weighted by Crippen LogP contribution is -2.42. The van der Waals surface area contributed by atoms with E-state index in [4.69, 9.17) is 0 Å². The minimum atomic E-state index is -0.842. The van der Waals surface area contributed by atoms with E-state index < -0.39 is 21.9 Å². The number of rotatable bonds is 6. The predicted molar refractivity (Wildman–Crippen MR) is 79.7 cm³/mol. The maximum absolute atomic E-state index is 12.1. The van der Waals surface area contributed by atoms with Crippen LogP contribution in [0.5, 0.6) is 0 Å². The van der Waals surface area contributed by atoms with Crippen LogP contribution in [0.2, 0.25) is 0 Å². The fraction of sp³-hybridized carbons (Fsp3) is 0.692. The normalized spacial score (nSPS) is 11.6. The summed E-state index contributed by atoms with van der Waals surface area (Å²) < 4.78 is 2.11. The van der Waals surface area contributed by atoms with E-state index in [-0.39, 0.29) is 18.6 Å². The summed E-state index contributed by atoms with van der Waals surface area (Å²) in [7, 11) is 0. The molecule has 0 aliphatic rings. The third kappa shape index (κ3) is 4.52. The molecule has 8 heteroatoms. The number of hydrogen-bond acceptors (Lipinski definition) is 5. The van der Waals surface area contributed by atoms with Crippen molar-refractivity contribution in [1.82, 2.24) is 14.5 Å². The van der Waals surface area contributed by atoms with Crippen LogP contribution in [0.3, 0.4) is 0 Å². The van der Waals surface area contributed by atoms with Gasteiger partial charge in [0.15, 0.2) is 0 Å². The Kier molecular flexibility index (Phi) is 5.42. The molecule has 0 atom stereocenters. The van der Waals surface area contributed by atoms with Gasteiger partial charge in [0.1, 0.15) is 0 Å². The van der Waals surface area contributed by atoms with E-state index in [1.165, 1.54) is 4.57 Å². The number of nitro groups is 1. The van der Waals surface area contributed by atoms with Crippen LogP contribution in [0.25, 0.3) is 0 Å². The first-order valence-electron chi connectivity index (χ1n) is 6.91. The van der Waals surface area contributed by atoms with Gasteiger partial charge in [0.2, 0.25) is 0 Å². The van der Waals surface area contributed by atoms with Crippen LogP contribution >= 0.6 is 0 Å². The summed E-state index contributed by atoms with van der Waals surface area (Å²) in [5.74, 6) is 0. The maximum atomic E-state index is 12.1. The molecular formula is C13H22N4O4. The van der Waals surface area contributed by atoms with E-state index in [1.54, 1.807) is 6.92 Å². The second-order valence-electron chi connectivity index (χ2n) is 5.83. The van der Waals surface area contributed by atoms with Crippen molar-refractivity contribution >= 4 is 5.69 Å². The van der Waals surface area contributed by atoms with Gasteiger partial charge < -0.3 is 5.32 Å². The molecule has 118 valence electrons. The monoisotopic (exact) mass is 298 g/mol. The van der Waals surface area contributed by atoms with Crippen molar-refractivity contribution in [3.63, 3.8) is 0 Å². The summed E-state index contributed by atoms with van der Waals surface area (Å²) in [5, 5.41) is 14.1. The standard InChI is InChI=1S/C13H22N4O4/c1-5-15-9-10(17(20)21)11(18)16(12(15)19)8-6-7-14-13(2,3)4/h9,14H,5-8H2,1-4H3. The molecule has 1 rings (SSSR count). The van der Waals surface area contributed by atoms with Gasteiger partial charge in [-0.05, 0) is 40.7 Å². The van der Waals surface area contributed by atoms with Crippen LogP contribution in [0.15, 0.2) is 15.8 Å². The van der Waals surface area contributed by atoms with Crippen molar-refractivity contribution in [2.45, 2.75) is 52.7 Å². The summed E-state index contributed by atoms with van der Waals surface area (Å²) in [4.78, 5) is 34.2. The summed E-state index contributed by atoms with van der Waals surface area (Å²) in [6, 6.07) is 0. The first-order chi connectivity index (χ1) is 9.67. The average molecular weight is 298 g/mol. The molecular weight excluding hydrogens is 276 g/mol. The lowest BCUT2D eigenvalue weighted by Gasteiger charge is -2.20. The second kappa shape index (κ2) is 6.66. The Morgan fingerprint density at radius 2 is 1.95 bits per heavy atom. The molecule has 1 heterocycles. The number of nitrogens with zero attached hydrogens (tertiary/aromatic N) is 3. The average Bonchev–Trinajstić information content (AvgIpc) is 2.36. The van der Waals surface area contributed by atoms with E-state index >= 15 is 0 Å². The van der Waals surface area contributed by atoms with Crippen LogP contribution in [0.4, 0.5) is 5.69 Å². The van der Waals surface area contributed by atoms with E-state index in [2.05, 4.69) is 5.32 Å². The molecule has 1 aromatic rings. The van der Waals surface area contributed by atoms with Crippen molar-refractivity contribution in [3.8, 4) is 0 Å². The topological polar surface area (TPSA) is 99.2 Å². The van der Waals surface area contributed by atoms with Gasteiger partial charge in [-0.2, -0.15) is 0 Å². The van der Waals surface area contributed by atoms with E-state index in [0.717, 1.165) is 10.8 Å². The smallest absolute Gasteiger partial charge is 0.312 e. The molecule has 0 unspecified atom stereocenters. The minimum Gasteiger partial charge on any atom is -0.312 e. The number of nitrogens with one attached hydrogen (secondary N) is 1. The third-order valence-corrected chi connectivity index (χ3v) is 2.97. The Labute approximate surface area is 122 Å². The quantitative estimate of drug-likeness (QED) is 0.474. The Balaban J connectivity index is 3.01. The predicted octanol–water partition coefficient (Wildman–Crippen LogP) is 0.716. The molecule has 0 saturated carbocycles. The first-order valence-corrected chi connectivity index (χ1v) is 6.91. The maximum Gasteiger partial charge on any atom is 0.350 e. The molecule has 0 radical (unpaired) electrons. The van der Waals surface area contributed by atoms with E-state index in [1.807, 2.05) is 20.8 Å². The number of hydrogen-bond donors (Lipinski definition) is 1. The fourth-order valence-corrected chi connectivity index (χ4v) is 1.89. The SMILES string of the molecule is CCn1cc([N+](=O)[O-])c(=O)n(CCCNC(C)(C)C)c1=O. The molecule has 8 nitrogen and oxygen atoms in total. The molecule has 0 aromatic carbocycles. The van der Waals surface area contributed by atoms with Gasteiger partial charge >= 0.3 is 16.9 Å². The van der Waals surface area contributed by atoms with Crippen molar-refractivity contribution in [2.24, 2.45) is 0 Å². The van der Waals surface area contributed by atoms with E-state index in [0.29, 0.717) is 13.0 Å². The van der Waals surface area contributed by atoms with Crippen molar-refractivity contribution < 1.29 is 4.92 Å². The molecule has 0 spiro atoms. The zero-order valence-electron chi connectivity index (χ0n) is 12.9. The zero-order valence-corrected chi connectivity index (χ0v) is 12.9. The highest BCUT2D eigenvalue weighted by atomic mass is 16.6. The zero-order chi connectivity index (χ0) is 16.2. The summed E-state index contributed by atoms with van der Waals surface area (Å²) in [6.45, 7) is 8.78. The third-order valence-electron chi connectivity index (χ3n) is 2.97. The van der Waals surface area contributed by atoms with Gasteiger partial charge in [0.25, 0.3) is 0 Å². The van der Waals surface area contributed by atoms with Crippen LogP contribution in [-0.4, -0.2) is 26.1 Å². The Morgan fingerprint density at radius 1 is 1.33 bits per heavy atom. The van der Waals surface area contributed by atoms with Gasteiger partial charge in [-0.25, -0.2) is 4.79 Å². The first kappa shape index (κ1) is 17.1. The summed E-state index contributed by atoms with van der Waals surface area (Å²) >= 11 is 0. The fourth-order valence-electron chi connectivity index (χ4n) is 1.89. The van der Waals surface area contributed by atoms with Gasteiger partial charge in [-0.1, -0.05) is 0 Å². The Hall–Kier alpha value is -1.96. The highest BCUT2D eigenvalue weighted by molar-refractivity contribution is 5.21. The van der Waals surface area contributed by atoms with Crippen LogP contribution in [-0.2, 0) is 13.1 Å². The molecule has 1 aromatic heterocycles. The van der Waals surface area contributed by atoms with Crippen molar-refractivity contribution in [2.75, 3.05) is 6.54 Å². The van der Waals surface area contributed by atoms with Gasteiger partial charge in [-0.3, -0.25) is 24.0 Å². The second-order valence-corrected chi connectivity index (χ2v) is 5.83. The van der Waals surface area contributed by atoms with Crippen LogP contribution in [0, 0.1) is 10.1 Å². The molecule has 0 saturated heterocycles. The van der Waals surface area contributed by atoms with Gasteiger partial charge in [0.05, 0.1) is 11.1 Å². The Bertz CT molecular complexity index is 625. The molecule has 0 fully saturated rings. The van der Waals surface area contributed by atoms with Gasteiger partial charge in [-0.15, -0.1) is 0 Å². The highest BCUT2D eigenvalue weighted by Crippen LogP contribution is 2.01. The summed E-state index contributed by atoms with van der Waals surface area (Å²) in [5.41, 5.74) is -1.98. The Morgan fingerprint density at radius 3 is 2.43 bits per heavy atom. The summed E-state index contributed by atoms with van der Waals surface area (Å²) in [6.07, 6.45) is 1.55. The lowest BCUT2D eigenvalue weighted by molar-refractivity contribution is -0.387. The molecule has 1 N–H and O–H groups in total. The van der Waals surface area contributed by atoms with Crippen LogP contribution in [0.1, 0.15) is 34.1 Å². The minimum absolute atomic E-state index is 0.0583. The van der Waals surface area contributed by atoms with Gasteiger partial charge in [0, 0.05) is 18.6 Å².